The molecule has 0 unspecified atom stereocenters. The van der Waals surface area contributed by atoms with Gasteiger partial charge in [0.15, 0.2) is 0 Å². The Labute approximate surface area is 146 Å². The normalized spacial score (nSPS) is 8.00. The summed E-state index contributed by atoms with van der Waals surface area (Å²) >= 11 is -0.826. The van der Waals surface area contributed by atoms with Gasteiger partial charge in [0, 0.05) is 9.52 Å². The summed E-state index contributed by atoms with van der Waals surface area (Å²) in [6.07, 6.45) is 0. The second-order valence-corrected chi connectivity index (χ2v) is 9.47. The van der Waals surface area contributed by atoms with E-state index in [-0.39, 0.29) is 0 Å². The fourth-order valence-electron chi connectivity index (χ4n) is 1.44. The summed E-state index contributed by atoms with van der Waals surface area (Å²) in [6.45, 7) is 12.8. The van der Waals surface area contributed by atoms with E-state index < -0.39 is 20.8 Å². The summed E-state index contributed by atoms with van der Waals surface area (Å²) in [5.41, 5.74) is 5.44. The van der Waals surface area contributed by atoms with E-state index in [1.54, 1.807) is 0 Å². The minimum atomic E-state index is -0.826. The Morgan fingerprint density at radius 1 is 0.850 bits per heavy atom. The second kappa shape index (κ2) is 15.8. The number of halogens is 2. The molecule has 111 valence electrons. The van der Waals surface area contributed by atoms with Crippen molar-refractivity contribution in [1.82, 2.24) is 0 Å². The molecular formula is C16H25Cl2SiZr. The zero-order valence-corrected chi connectivity index (χ0v) is 18.4. The van der Waals surface area contributed by atoms with Gasteiger partial charge in [0.25, 0.3) is 0 Å². The molecule has 0 nitrogen and oxygen atoms in total. The Morgan fingerprint density at radius 2 is 1.10 bits per heavy atom. The summed E-state index contributed by atoms with van der Waals surface area (Å²) in [7, 11) is 10.6. The van der Waals surface area contributed by atoms with Crippen molar-refractivity contribution < 1.29 is 20.8 Å². The molecule has 1 radical (unpaired) electrons. The van der Waals surface area contributed by atoms with Crippen molar-refractivity contribution in [2.24, 2.45) is 0 Å². The molecule has 2 aromatic rings. The zero-order chi connectivity index (χ0) is 16.0. The van der Waals surface area contributed by atoms with Crippen LogP contribution in [0, 0.1) is 27.7 Å². The van der Waals surface area contributed by atoms with Crippen LogP contribution in [-0.2, 0) is 20.8 Å². The maximum atomic E-state index is 4.93. The van der Waals surface area contributed by atoms with Crippen LogP contribution < -0.4 is 0 Å². The third-order valence-corrected chi connectivity index (χ3v) is 2.13. The molecule has 0 aliphatic carbocycles. The van der Waals surface area contributed by atoms with Crippen molar-refractivity contribution in [3.05, 3.63) is 58.7 Å². The molecule has 4 heteroatoms. The molecule has 0 aliphatic rings. The predicted octanol–water partition coefficient (Wildman–Crippen LogP) is 5.94. The first-order valence-corrected chi connectivity index (χ1v) is 15.1. The van der Waals surface area contributed by atoms with Crippen LogP contribution in [0.15, 0.2) is 36.4 Å². The van der Waals surface area contributed by atoms with E-state index in [1.807, 2.05) is 0 Å². The van der Waals surface area contributed by atoms with E-state index in [0.717, 1.165) is 9.52 Å². The van der Waals surface area contributed by atoms with E-state index in [9.17, 15) is 0 Å². The van der Waals surface area contributed by atoms with Crippen molar-refractivity contribution in [3.63, 3.8) is 0 Å². The van der Waals surface area contributed by atoms with Gasteiger partial charge in [-0.1, -0.05) is 40.8 Å². The topological polar surface area (TPSA) is 0 Å². The number of aryl methyl sites for hydroxylation is 4. The van der Waals surface area contributed by atoms with Crippen LogP contribution in [0.1, 0.15) is 22.3 Å². The van der Waals surface area contributed by atoms with Gasteiger partial charge in [-0.15, -0.1) is 0 Å². The third kappa shape index (κ3) is 16.4. The summed E-state index contributed by atoms with van der Waals surface area (Å²) in [5.74, 6) is 0. The van der Waals surface area contributed by atoms with Crippen LogP contribution in [0.4, 0.5) is 0 Å². The summed E-state index contributed by atoms with van der Waals surface area (Å²) < 4.78 is 0. The molecule has 20 heavy (non-hydrogen) atoms. The molecular weight excluding hydrogens is 382 g/mol. The molecule has 0 aromatic heterocycles. The van der Waals surface area contributed by atoms with E-state index in [2.05, 4.69) is 77.2 Å². The zero-order valence-electron chi connectivity index (χ0n) is 13.3. The molecule has 2 aromatic carbocycles. The summed E-state index contributed by atoms with van der Waals surface area (Å²) in [6, 6.07) is 12.8. The molecule has 0 aliphatic heterocycles. The molecule has 0 spiro atoms. The van der Waals surface area contributed by atoms with E-state index in [0.29, 0.717) is 0 Å². The maximum absolute atomic E-state index is 4.93. The van der Waals surface area contributed by atoms with E-state index in [4.69, 9.17) is 17.0 Å². The molecule has 0 saturated carbocycles. The number of rotatable bonds is 0. The first-order valence-electron chi connectivity index (χ1n) is 6.51. The van der Waals surface area contributed by atoms with Gasteiger partial charge in [0.05, 0.1) is 0 Å². The van der Waals surface area contributed by atoms with Gasteiger partial charge in [-0.05, 0) is 0 Å². The quantitative estimate of drug-likeness (QED) is 0.374. The third-order valence-electron chi connectivity index (χ3n) is 2.13. The first kappa shape index (κ1) is 22.7. The standard InChI is InChI=1S/2C7H9.C2H7Si.2ClH.Zr/c2*1-6-3-4-7(2)5-6;1-3-2;;;/h2*3-5H,1-2H3;3H,1-2H3;2*1H;/q2*-1;;;;+4/p-2. The SMILES string of the molecule is C[SiH]C.Cc1c[cH-]c(C)c1.Cc1c[cH-]c(C)c1.[Cl][Zr+2][Cl]. The number of hydrogen-bond donors (Lipinski definition) is 0. The van der Waals surface area contributed by atoms with Crippen LogP contribution in [0.3, 0.4) is 0 Å². The Kier molecular flexibility index (Phi) is 17.9. The molecule has 0 heterocycles. The summed E-state index contributed by atoms with van der Waals surface area (Å²) in [4.78, 5) is 0. The Hall–Kier alpha value is 0.380. The van der Waals surface area contributed by atoms with Crippen molar-refractivity contribution in [3.8, 4) is 0 Å². The van der Waals surface area contributed by atoms with Gasteiger partial charge in [0.2, 0.25) is 0 Å². The van der Waals surface area contributed by atoms with Crippen molar-refractivity contribution in [2.45, 2.75) is 40.8 Å². The van der Waals surface area contributed by atoms with Crippen LogP contribution in [0.5, 0.6) is 0 Å². The van der Waals surface area contributed by atoms with Gasteiger partial charge in [-0.3, -0.25) is 0 Å². The Balaban J connectivity index is 0. The van der Waals surface area contributed by atoms with Crippen LogP contribution >= 0.6 is 17.0 Å². The number of hydrogen-bond acceptors (Lipinski definition) is 0. The molecule has 0 fully saturated rings. The second-order valence-electron chi connectivity index (χ2n) is 4.58. The van der Waals surface area contributed by atoms with Crippen LogP contribution in [0.25, 0.3) is 0 Å². The fourth-order valence-corrected chi connectivity index (χ4v) is 1.44. The van der Waals surface area contributed by atoms with Crippen molar-refractivity contribution in [2.75, 3.05) is 0 Å². The molecule has 0 bridgehead atoms. The Bertz CT molecular complexity index is 348. The fraction of sp³-hybridized carbons (Fsp3) is 0.375. The molecule has 2 rings (SSSR count). The van der Waals surface area contributed by atoms with Crippen LogP contribution in [-0.4, -0.2) is 9.52 Å². The van der Waals surface area contributed by atoms with Crippen molar-refractivity contribution >= 4 is 26.5 Å². The van der Waals surface area contributed by atoms with Gasteiger partial charge in [-0.25, -0.2) is 23.3 Å². The van der Waals surface area contributed by atoms with Gasteiger partial charge in [-0.2, -0.15) is 35.4 Å². The first-order chi connectivity index (χ1) is 9.40. The minimum absolute atomic E-state index is 0.750. The van der Waals surface area contributed by atoms with Gasteiger partial charge >= 0.3 is 37.9 Å². The molecule has 0 saturated heterocycles. The Morgan fingerprint density at radius 3 is 1.15 bits per heavy atom. The molecule has 0 N–H and O–H groups in total. The summed E-state index contributed by atoms with van der Waals surface area (Å²) in [5, 5.41) is 0. The van der Waals surface area contributed by atoms with E-state index >= 15 is 0 Å². The average Bonchev–Trinajstić information content (AvgIpc) is 2.90. The van der Waals surface area contributed by atoms with Gasteiger partial charge in [0.1, 0.15) is 0 Å². The monoisotopic (exact) mass is 405 g/mol. The molecule has 0 amide bonds. The van der Waals surface area contributed by atoms with Gasteiger partial charge < -0.3 is 0 Å². The van der Waals surface area contributed by atoms with Crippen molar-refractivity contribution in [1.29, 1.82) is 0 Å². The predicted molar refractivity (Wildman–Crippen MR) is 93.6 cm³/mol. The van der Waals surface area contributed by atoms with Crippen LogP contribution in [0.2, 0.25) is 13.1 Å². The van der Waals surface area contributed by atoms with E-state index in [1.165, 1.54) is 22.3 Å². The average molecular weight is 408 g/mol. The molecule has 0 atom stereocenters.